The van der Waals surface area contributed by atoms with Crippen molar-refractivity contribution in [2.45, 2.75) is 13.3 Å². The molecule has 152 valence electrons. The molecule has 0 radical (unpaired) electrons. The summed E-state index contributed by atoms with van der Waals surface area (Å²) < 4.78 is 1.13. The molecule has 0 spiro atoms. The molecule has 0 unspecified atom stereocenters. The van der Waals surface area contributed by atoms with Gasteiger partial charge in [0.05, 0.1) is 21.1 Å². The number of thiazole rings is 1. The van der Waals surface area contributed by atoms with E-state index >= 15 is 0 Å². The summed E-state index contributed by atoms with van der Waals surface area (Å²) in [4.78, 5) is 30.4. The zero-order valence-corrected chi connectivity index (χ0v) is 17.3. The van der Waals surface area contributed by atoms with Gasteiger partial charge >= 0.3 is 6.03 Å². The molecule has 8 nitrogen and oxygen atoms in total. The fraction of sp³-hybridized carbons (Fsp3) is 0.238. The highest BCUT2D eigenvalue weighted by atomic mass is 32.1. The molecule has 1 aliphatic heterocycles. The van der Waals surface area contributed by atoms with Crippen molar-refractivity contribution < 1.29 is 4.79 Å². The molecule has 1 aromatic carbocycles. The highest BCUT2D eigenvalue weighted by Crippen LogP contribution is 2.30. The van der Waals surface area contributed by atoms with Crippen LogP contribution in [-0.2, 0) is 0 Å². The highest BCUT2D eigenvalue weighted by molar-refractivity contribution is 7.16. The fourth-order valence-corrected chi connectivity index (χ4v) is 4.36. The van der Waals surface area contributed by atoms with Gasteiger partial charge in [-0.15, -0.1) is 11.3 Å². The lowest BCUT2D eigenvalue weighted by atomic mass is 10.1. The molecule has 0 atom stereocenters. The average Bonchev–Trinajstić information content (AvgIpc) is 3.41. The number of nitrogens with one attached hydrogen (secondary N) is 3. The molecule has 4 aromatic rings. The van der Waals surface area contributed by atoms with Crippen molar-refractivity contribution in [1.82, 2.24) is 30.2 Å². The second-order valence-corrected chi connectivity index (χ2v) is 7.97. The van der Waals surface area contributed by atoms with E-state index in [2.05, 4.69) is 48.8 Å². The Balaban J connectivity index is 1.40. The Kier molecular flexibility index (Phi) is 4.80. The molecule has 4 heterocycles. The summed E-state index contributed by atoms with van der Waals surface area (Å²) in [6, 6.07) is 8.15. The van der Waals surface area contributed by atoms with Crippen LogP contribution < -0.4 is 10.6 Å². The fourth-order valence-electron chi connectivity index (χ4n) is 3.64. The lowest BCUT2D eigenvalue weighted by molar-refractivity contribution is 0.203. The number of urea groups is 1. The van der Waals surface area contributed by atoms with Gasteiger partial charge in [0.2, 0.25) is 0 Å². The Morgan fingerprint density at radius 1 is 1.27 bits per heavy atom. The van der Waals surface area contributed by atoms with Gasteiger partial charge in [-0.2, -0.15) is 0 Å². The van der Waals surface area contributed by atoms with Gasteiger partial charge in [0.15, 0.2) is 0 Å². The van der Waals surface area contributed by atoms with Crippen molar-refractivity contribution in [2.75, 3.05) is 25.0 Å². The molecule has 0 bridgehead atoms. The number of amides is 2. The normalized spacial score (nSPS) is 14.2. The van der Waals surface area contributed by atoms with Crippen LogP contribution in [0.5, 0.6) is 0 Å². The van der Waals surface area contributed by atoms with Crippen LogP contribution in [0.3, 0.4) is 0 Å². The van der Waals surface area contributed by atoms with Crippen LogP contribution in [0.1, 0.15) is 19.0 Å². The number of rotatable bonds is 4. The van der Waals surface area contributed by atoms with Gasteiger partial charge in [0, 0.05) is 31.0 Å². The maximum Gasteiger partial charge on any atom is 0.317 e. The number of aromatic amines is 1. The van der Waals surface area contributed by atoms with E-state index in [0.29, 0.717) is 19.6 Å². The van der Waals surface area contributed by atoms with Crippen LogP contribution in [0.4, 0.5) is 16.3 Å². The van der Waals surface area contributed by atoms with Crippen molar-refractivity contribution in [3.63, 3.8) is 0 Å². The zero-order valence-electron chi connectivity index (χ0n) is 16.5. The van der Waals surface area contributed by atoms with Gasteiger partial charge in [0.1, 0.15) is 17.8 Å². The summed E-state index contributed by atoms with van der Waals surface area (Å²) in [7, 11) is 0. The number of H-pyrrole nitrogens is 1. The predicted octanol–water partition coefficient (Wildman–Crippen LogP) is 4.13. The van der Waals surface area contributed by atoms with E-state index in [0.717, 1.165) is 44.9 Å². The molecular formula is C21H21N7OS. The largest absolute Gasteiger partial charge is 0.340 e. The van der Waals surface area contributed by atoms with E-state index in [1.165, 1.54) is 5.57 Å². The molecule has 0 saturated carbocycles. The number of nitrogens with zero attached hydrogens (tertiary/aromatic N) is 4. The first-order chi connectivity index (χ1) is 14.7. The quantitative estimate of drug-likeness (QED) is 0.462. The Bertz CT molecular complexity index is 1260. The van der Waals surface area contributed by atoms with E-state index in [9.17, 15) is 4.79 Å². The first-order valence-corrected chi connectivity index (χ1v) is 10.8. The Hall–Kier alpha value is -3.46. The summed E-state index contributed by atoms with van der Waals surface area (Å²) in [5, 5.41) is 7.19. The van der Waals surface area contributed by atoms with E-state index in [-0.39, 0.29) is 6.03 Å². The summed E-state index contributed by atoms with van der Waals surface area (Å²) in [5.74, 6) is 0.756. The maximum atomic E-state index is 12.0. The van der Waals surface area contributed by atoms with Gasteiger partial charge in [-0.3, -0.25) is 0 Å². The number of hydrogen-bond donors (Lipinski definition) is 3. The minimum Gasteiger partial charge on any atom is -0.340 e. The standard InChI is InChI=1S/C21H21N7OS/c1-2-22-21(29)28-7-5-13(6-8-28)17-10-15-19(23-11-24-20(15)27-17)26-14-3-4-16-18(9-14)30-12-25-16/h3-5,9-12H,2,6-8H2,1H3,(H,22,29)(H2,23,24,26,27). The molecule has 9 heteroatoms. The van der Waals surface area contributed by atoms with Crippen LogP contribution in [0.2, 0.25) is 0 Å². The number of fused-ring (bicyclic) bond motifs is 2. The first-order valence-electron chi connectivity index (χ1n) is 9.87. The van der Waals surface area contributed by atoms with Crippen molar-refractivity contribution in [3.05, 3.63) is 47.9 Å². The van der Waals surface area contributed by atoms with Crippen molar-refractivity contribution in [3.8, 4) is 0 Å². The third-order valence-corrected chi connectivity index (χ3v) is 5.98. The van der Waals surface area contributed by atoms with Crippen molar-refractivity contribution in [1.29, 1.82) is 0 Å². The second-order valence-electron chi connectivity index (χ2n) is 7.09. The number of anilines is 2. The lowest BCUT2D eigenvalue weighted by Gasteiger charge is -2.26. The molecule has 0 aliphatic carbocycles. The van der Waals surface area contributed by atoms with Gasteiger partial charge in [-0.05, 0) is 43.2 Å². The Morgan fingerprint density at radius 2 is 2.20 bits per heavy atom. The van der Waals surface area contributed by atoms with E-state index < -0.39 is 0 Å². The molecule has 30 heavy (non-hydrogen) atoms. The van der Waals surface area contributed by atoms with E-state index in [4.69, 9.17) is 0 Å². The van der Waals surface area contributed by atoms with Gasteiger partial charge in [0.25, 0.3) is 0 Å². The lowest BCUT2D eigenvalue weighted by Crippen LogP contribution is -2.41. The summed E-state index contributed by atoms with van der Waals surface area (Å²) in [6.45, 7) is 3.86. The van der Waals surface area contributed by atoms with Crippen molar-refractivity contribution in [2.24, 2.45) is 0 Å². The smallest absolute Gasteiger partial charge is 0.317 e. The average molecular weight is 420 g/mol. The minimum absolute atomic E-state index is 0.0142. The van der Waals surface area contributed by atoms with E-state index in [1.54, 1.807) is 17.7 Å². The first kappa shape index (κ1) is 18.6. The number of hydrogen-bond acceptors (Lipinski definition) is 6. The molecule has 0 saturated heterocycles. The van der Waals surface area contributed by atoms with Crippen LogP contribution in [0, 0.1) is 0 Å². The third-order valence-electron chi connectivity index (χ3n) is 5.19. The van der Waals surface area contributed by atoms with Crippen molar-refractivity contribution >= 4 is 55.7 Å². The van der Waals surface area contributed by atoms with Crippen LogP contribution in [-0.4, -0.2) is 50.5 Å². The van der Waals surface area contributed by atoms with Gasteiger partial charge < -0.3 is 20.5 Å². The summed E-state index contributed by atoms with van der Waals surface area (Å²) in [5.41, 5.74) is 6.79. The minimum atomic E-state index is -0.0142. The molecule has 0 fully saturated rings. The van der Waals surface area contributed by atoms with Crippen LogP contribution in [0.25, 0.3) is 26.8 Å². The monoisotopic (exact) mass is 419 g/mol. The van der Waals surface area contributed by atoms with Gasteiger partial charge in [-0.1, -0.05) is 6.08 Å². The molecular weight excluding hydrogens is 398 g/mol. The van der Waals surface area contributed by atoms with Crippen LogP contribution in [0.15, 0.2) is 42.2 Å². The molecule has 3 N–H and O–H groups in total. The number of benzene rings is 1. The van der Waals surface area contributed by atoms with Gasteiger partial charge in [-0.25, -0.2) is 19.7 Å². The maximum absolute atomic E-state index is 12.0. The topological polar surface area (TPSA) is 98.8 Å². The predicted molar refractivity (Wildman–Crippen MR) is 120 cm³/mol. The second kappa shape index (κ2) is 7.75. The van der Waals surface area contributed by atoms with Crippen LogP contribution >= 0.6 is 11.3 Å². The number of aromatic nitrogens is 4. The number of carbonyl (C=O) groups is 1. The molecule has 3 aromatic heterocycles. The highest BCUT2D eigenvalue weighted by Gasteiger charge is 2.19. The third kappa shape index (κ3) is 3.48. The Morgan fingerprint density at radius 3 is 3.03 bits per heavy atom. The Labute approximate surface area is 177 Å². The summed E-state index contributed by atoms with van der Waals surface area (Å²) >= 11 is 1.61. The number of carbonyl (C=O) groups excluding carboxylic acids is 1. The molecule has 2 amide bonds. The SMILES string of the molecule is CCNC(=O)N1CC=C(c2cc3c(Nc4ccc5ncsc5c4)ncnc3[nH]2)CC1. The molecule has 5 rings (SSSR count). The molecule has 1 aliphatic rings. The summed E-state index contributed by atoms with van der Waals surface area (Å²) in [6.07, 6.45) is 4.45. The van der Waals surface area contributed by atoms with E-state index in [1.807, 2.05) is 29.5 Å². The zero-order chi connectivity index (χ0) is 20.5.